The highest BCUT2D eigenvalue weighted by molar-refractivity contribution is 5.47. The normalized spacial score (nSPS) is 36.3. The van der Waals surface area contributed by atoms with E-state index in [0.717, 1.165) is 13.0 Å². The average Bonchev–Trinajstić information content (AvgIpc) is 2.40. The Kier molecular flexibility index (Phi) is 3.37. The molecular weight excluding hydrogens is 222 g/mol. The number of rotatable bonds is 1. The summed E-state index contributed by atoms with van der Waals surface area (Å²) in [5.41, 5.74) is 10.3. The SMILES string of the molecule is CC1=CCC2=CC(C3CCCCN3)NC(N)C2=C1. The minimum atomic E-state index is -0.0117. The van der Waals surface area contributed by atoms with Gasteiger partial charge in [-0.1, -0.05) is 30.2 Å². The van der Waals surface area contributed by atoms with Crippen LogP contribution in [-0.4, -0.2) is 24.8 Å². The monoisotopic (exact) mass is 245 g/mol. The van der Waals surface area contributed by atoms with Gasteiger partial charge in [0.15, 0.2) is 0 Å². The zero-order valence-corrected chi connectivity index (χ0v) is 11.1. The van der Waals surface area contributed by atoms with E-state index < -0.39 is 0 Å². The van der Waals surface area contributed by atoms with Crippen LogP contribution in [0, 0.1) is 0 Å². The minimum absolute atomic E-state index is 0.0117. The van der Waals surface area contributed by atoms with E-state index in [-0.39, 0.29) is 6.17 Å². The van der Waals surface area contributed by atoms with Gasteiger partial charge in [-0.2, -0.15) is 0 Å². The van der Waals surface area contributed by atoms with Gasteiger partial charge >= 0.3 is 0 Å². The topological polar surface area (TPSA) is 50.1 Å². The first-order valence-electron chi connectivity index (χ1n) is 7.08. The second-order valence-corrected chi connectivity index (χ2v) is 5.67. The first-order chi connectivity index (χ1) is 8.74. The maximum absolute atomic E-state index is 6.27. The van der Waals surface area contributed by atoms with Crippen LogP contribution >= 0.6 is 0 Å². The Hall–Kier alpha value is -0.900. The van der Waals surface area contributed by atoms with Crippen LogP contribution in [0.25, 0.3) is 0 Å². The van der Waals surface area contributed by atoms with E-state index in [9.17, 15) is 0 Å². The molecule has 3 aliphatic rings. The second-order valence-electron chi connectivity index (χ2n) is 5.67. The number of piperidine rings is 1. The van der Waals surface area contributed by atoms with Gasteiger partial charge < -0.3 is 11.1 Å². The fraction of sp³-hybridized carbons (Fsp3) is 0.600. The van der Waals surface area contributed by atoms with Crippen molar-refractivity contribution in [2.75, 3.05) is 6.54 Å². The molecule has 3 rings (SSSR count). The summed E-state index contributed by atoms with van der Waals surface area (Å²) in [5, 5.41) is 7.17. The van der Waals surface area contributed by atoms with Gasteiger partial charge in [0, 0.05) is 12.1 Å². The van der Waals surface area contributed by atoms with Gasteiger partial charge in [0.2, 0.25) is 0 Å². The molecular formula is C15H23N3. The molecule has 0 aromatic heterocycles. The number of hydrogen-bond acceptors (Lipinski definition) is 3. The molecule has 4 N–H and O–H groups in total. The van der Waals surface area contributed by atoms with Crippen LogP contribution in [0.1, 0.15) is 32.6 Å². The third kappa shape index (κ3) is 2.30. The van der Waals surface area contributed by atoms with Gasteiger partial charge in [-0.05, 0) is 43.9 Å². The van der Waals surface area contributed by atoms with Crippen molar-refractivity contribution < 1.29 is 0 Å². The van der Waals surface area contributed by atoms with Gasteiger partial charge in [-0.15, -0.1) is 0 Å². The zero-order chi connectivity index (χ0) is 12.5. The van der Waals surface area contributed by atoms with E-state index >= 15 is 0 Å². The van der Waals surface area contributed by atoms with Crippen molar-refractivity contribution in [3.63, 3.8) is 0 Å². The fourth-order valence-corrected chi connectivity index (χ4v) is 3.22. The van der Waals surface area contributed by atoms with Crippen molar-refractivity contribution in [1.29, 1.82) is 0 Å². The molecule has 0 aromatic rings. The summed E-state index contributed by atoms with van der Waals surface area (Å²) in [7, 11) is 0. The Morgan fingerprint density at radius 1 is 1.33 bits per heavy atom. The van der Waals surface area contributed by atoms with Crippen molar-refractivity contribution >= 4 is 0 Å². The van der Waals surface area contributed by atoms with Gasteiger partial charge in [0.25, 0.3) is 0 Å². The van der Waals surface area contributed by atoms with Crippen molar-refractivity contribution in [2.24, 2.45) is 5.73 Å². The molecule has 0 aromatic carbocycles. The number of nitrogens with two attached hydrogens (primary N) is 1. The summed E-state index contributed by atoms with van der Waals surface area (Å²) >= 11 is 0. The van der Waals surface area contributed by atoms with Crippen LogP contribution in [0.2, 0.25) is 0 Å². The van der Waals surface area contributed by atoms with Crippen LogP contribution in [0.15, 0.2) is 34.9 Å². The molecule has 3 atom stereocenters. The molecule has 1 saturated heterocycles. The number of allylic oxidation sites excluding steroid dienone is 3. The number of fused-ring (bicyclic) bond motifs is 1. The third-order valence-corrected chi connectivity index (χ3v) is 4.27. The largest absolute Gasteiger partial charge is 0.312 e. The van der Waals surface area contributed by atoms with Crippen LogP contribution in [0.3, 0.4) is 0 Å². The predicted octanol–water partition coefficient (Wildman–Crippen LogP) is 1.59. The lowest BCUT2D eigenvalue weighted by Crippen LogP contribution is -2.57. The summed E-state index contributed by atoms with van der Waals surface area (Å²) < 4.78 is 0. The summed E-state index contributed by atoms with van der Waals surface area (Å²) in [5.74, 6) is 0. The Morgan fingerprint density at radius 3 is 3.00 bits per heavy atom. The van der Waals surface area contributed by atoms with Gasteiger partial charge in [-0.3, -0.25) is 5.32 Å². The van der Waals surface area contributed by atoms with Crippen molar-refractivity contribution in [3.8, 4) is 0 Å². The molecule has 98 valence electrons. The summed E-state index contributed by atoms with van der Waals surface area (Å²) in [6, 6.07) is 0.935. The molecule has 3 nitrogen and oxygen atoms in total. The summed E-state index contributed by atoms with van der Waals surface area (Å²) in [4.78, 5) is 0. The molecule has 1 aliphatic carbocycles. The number of nitrogens with one attached hydrogen (secondary N) is 2. The lowest BCUT2D eigenvalue weighted by atomic mass is 9.85. The van der Waals surface area contributed by atoms with E-state index in [0.29, 0.717) is 12.1 Å². The Labute approximate surface area is 109 Å². The molecule has 2 aliphatic heterocycles. The molecule has 0 saturated carbocycles. The van der Waals surface area contributed by atoms with Crippen molar-refractivity contribution in [2.45, 2.75) is 50.9 Å². The molecule has 18 heavy (non-hydrogen) atoms. The summed E-state index contributed by atoms with van der Waals surface area (Å²) in [6.45, 7) is 3.29. The highest BCUT2D eigenvalue weighted by atomic mass is 15.1. The minimum Gasteiger partial charge on any atom is -0.312 e. The molecule has 0 amide bonds. The number of hydrogen-bond donors (Lipinski definition) is 3. The van der Waals surface area contributed by atoms with Crippen LogP contribution < -0.4 is 16.4 Å². The first-order valence-corrected chi connectivity index (χ1v) is 7.08. The van der Waals surface area contributed by atoms with Crippen molar-refractivity contribution in [3.05, 3.63) is 34.9 Å². The lowest BCUT2D eigenvalue weighted by molar-refractivity contribution is 0.325. The van der Waals surface area contributed by atoms with E-state index in [1.807, 2.05) is 0 Å². The molecule has 0 spiro atoms. The zero-order valence-electron chi connectivity index (χ0n) is 11.1. The average molecular weight is 245 g/mol. The third-order valence-electron chi connectivity index (χ3n) is 4.27. The standard InChI is InChI=1S/C15H23N3/c1-10-5-6-11-9-14(13-4-2-3-7-17-13)18-15(16)12(11)8-10/h5,8-9,13-15,17-18H,2-4,6-7,16H2,1H3. The van der Waals surface area contributed by atoms with E-state index in [4.69, 9.17) is 5.73 Å². The van der Waals surface area contributed by atoms with E-state index in [1.165, 1.54) is 36.0 Å². The molecule has 3 heteroatoms. The lowest BCUT2D eigenvalue weighted by Gasteiger charge is -2.38. The smallest absolute Gasteiger partial charge is 0.0817 e. The molecule has 0 bridgehead atoms. The highest BCUT2D eigenvalue weighted by Crippen LogP contribution is 2.29. The molecule has 2 heterocycles. The van der Waals surface area contributed by atoms with Gasteiger partial charge in [0.1, 0.15) is 0 Å². The Morgan fingerprint density at radius 2 is 2.22 bits per heavy atom. The van der Waals surface area contributed by atoms with Gasteiger partial charge in [-0.25, -0.2) is 0 Å². The molecule has 1 fully saturated rings. The maximum Gasteiger partial charge on any atom is 0.0817 e. The Bertz CT molecular complexity index is 413. The van der Waals surface area contributed by atoms with Crippen molar-refractivity contribution in [1.82, 2.24) is 10.6 Å². The molecule has 0 radical (unpaired) electrons. The van der Waals surface area contributed by atoms with E-state index in [1.54, 1.807) is 0 Å². The maximum atomic E-state index is 6.27. The highest BCUT2D eigenvalue weighted by Gasteiger charge is 2.29. The predicted molar refractivity (Wildman–Crippen MR) is 75.1 cm³/mol. The Balaban J connectivity index is 1.81. The second kappa shape index (κ2) is 5.00. The van der Waals surface area contributed by atoms with E-state index in [2.05, 4.69) is 35.8 Å². The first kappa shape index (κ1) is 12.2. The quantitative estimate of drug-likeness (QED) is 0.657. The van der Waals surface area contributed by atoms with Crippen LogP contribution in [0.5, 0.6) is 0 Å². The van der Waals surface area contributed by atoms with Crippen LogP contribution in [-0.2, 0) is 0 Å². The fourth-order valence-electron chi connectivity index (χ4n) is 3.22. The van der Waals surface area contributed by atoms with Crippen LogP contribution in [0.4, 0.5) is 0 Å². The van der Waals surface area contributed by atoms with Gasteiger partial charge in [0.05, 0.1) is 6.17 Å². The summed E-state index contributed by atoms with van der Waals surface area (Å²) in [6.07, 6.45) is 11.8. The molecule has 3 unspecified atom stereocenters.